The van der Waals surface area contributed by atoms with Gasteiger partial charge in [-0.3, -0.25) is 4.79 Å². The molecule has 5 nitrogen and oxygen atoms in total. The summed E-state index contributed by atoms with van der Waals surface area (Å²) in [5, 5.41) is 9.03. The summed E-state index contributed by atoms with van der Waals surface area (Å²) in [4.78, 5) is 24.3. The Bertz CT molecular complexity index is 513. The number of nitrogens with zero attached hydrogens (tertiary/aromatic N) is 1. The predicted molar refractivity (Wildman–Crippen MR) is 80.5 cm³/mol. The topological polar surface area (TPSA) is 66.8 Å². The van der Waals surface area contributed by atoms with Crippen molar-refractivity contribution in [2.24, 2.45) is 0 Å². The Balaban J connectivity index is 2.51. The maximum atomic E-state index is 12.0. The monoisotopic (exact) mass is 293 g/mol. The van der Waals surface area contributed by atoms with Gasteiger partial charge in [0.15, 0.2) is 0 Å². The van der Waals surface area contributed by atoms with Gasteiger partial charge in [0.1, 0.15) is 11.8 Å². The van der Waals surface area contributed by atoms with Crippen LogP contribution in [0.3, 0.4) is 0 Å². The Kier molecular flexibility index (Phi) is 6.21. The van der Waals surface area contributed by atoms with Crippen molar-refractivity contribution in [3.63, 3.8) is 0 Å². The molecule has 1 aromatic rings. The standard InChI is InChI=1S/C16H23NO4/c1-5-13(16(19)20)17(4)15(18)8-9-21-14-7-6-11(2)10-12(14)3/h6-7,10,13H,5,8-9H2,1-4H3,(H,19,20). The van der Waals surface area contributed by atoms with Crippen molar-refractivity contribution >= 4 is 11.9 Å². The summed E-state index contributed by atoms with van der Waals surface area (Å²) >= 11 is 0. The number of hydrogen-bond donors (Lipinski definition) is 1. The number of benzene rings is 1. The van der Waals surface area contributed by atoms with E-state index in [1.807, 2.05) is 32.0 Å². The lowest BCUT2D eigenvalue weighted by atomic mass is 10.1. The summed E-state index contributed by atoms with van der Waals surface area (Å²) in [5.41, 5.74) is 2.18. The van der Waals surface area contributed by atoms with Gasteiger partial charge in [-0.1, -0.05) is 24.6 Å². The lowest BCUT2D eigenvalue weighted by Gasteiger charge is -2.23. The number of carboxylic acids is 1. The molecule has 0 heterocycles. The van der Waals surface area contributed by atoms with Gasteiger partial charge in [0.25, 0.3) is 0 Å². The number of aliphatic carboxylic acids is 1. The minimum absolute atomic E-state index is 0.160. The molecule has 0 spiro atoms. The van der Waals surface area contributed by atoms with E-state index in [2.05, 4.69) is 0 Å². The van der Waals surface area contributed by atoms with Crippen LogP contribution in [0.15, 0.2) is 18.2 Å². The molecular weight excluding hydrogens is 270 g/mol. The molecule has 5 heteroatoms. The smallest absolute Gasteiger partial charge is 0.326 e. The summed E-state index contributed by atoms with van der Waals surface area (Å²) in [5.74, 6) is -0.459. The molecule has 0 aliphatic heterocycles. The molecule has 1 amide bonds. The first-order chi connectivity index (χ1) is 9.86. The van der Waals surface area contributed by atoms with Gasteiger partial charge in [0.05, 0.1) is 13.0 Å². The first kappa shape index (κ1) is 17.0. The Hall–Kier alpha value is -2.04. The molecule has 0 aliphatic rings. The molecule has 0 saturated carbocycles. The average molecular weight is 293 g/mol. The minimum atomic E-state index is -0.983. The summed E-state index contributed by atoms with van der Waals surface area (Å²) in [6, 6.07) is 5.07. The van der Waals surface area contributed by atoms with E-state index in [-0.39, 0.29) is 18.9 Å². The first-order valence-electron chi connectivity index (χ1n) is 7.05. The number of carbonyl (C=O) groups excluding carboxylic acids is 1. The number of hydrogen-bond acceptors (Lipinski definition) is 3. The molecule has 116 valence electrons. The Morgan fingerprint density at radius 1 is 1.33 bits per heavy atom. The van der Waals surface area contributed by atoms with Crippen molar-refractivity contribution in [2.75, 3.05) is 13.7 Å². The number of carboxylic acid groups (broad SMARTS) is 1. The van der Waals surface area contributed by atoms with E-state index in [9.17, 15) is 9.59 Å². The molecule has 1 atom stereocenters. The molecule has 0 bridgehead atoms. The summed E-state index contributed by atoms with van der Waals surface area (Å²) in [7, 11) is 1.52. The zero-order chi connectivity index (χ0) is 16.0. The van der Waals surface area contributed by atoms with Crippen molar-refractivity contribution in [2.45, 2.75) is 39.7 Å². The number of likely N-dealkylation sites (N-methyl/N-ethyl adjacent to an activating group) is 1. The van der Waals surface area contributed by atoms with E-state index in [1.165, 1.54) is 11.9 Å². The fraction of sp³-hybridized carbons (Fsp3) is 0.500. The molecule has 1 N–H and O–H groups in total. The van der Waals surface area contributed by atoms with Crippen LogP contribution in [-0.2, 0) is 9.59 Å². The molecule has 1 aromatic carbocycles. The lowest BCUT2D eigenvalue weighted by Crippen LogP contribution is -2.42. The molecule has 1 rings (SSSR count). The fourth-order valence-electron chi connectivity index (χ4n) is 2.17. The quantitative estimate of drug-likeness (QED) is 0.838. The van der Waals surface area contributed by atoms with Gasteiger partial charge in [-0.15, -0.1) is 0 Å². The van der Waals surface area contributed by atoms with Crippen LogP contribution in [0.1, 0.15) is 30.9 Å². The molecule has 0 radical (unpaired) electrons. The number of carbonyl (C=O) groups is 2. The Morgan fingerprint density at radius 2 is 2.00 bits per heavy atom. The second-order valence-electron chi connectivity index (χ2n) is 5.13. The number of aryl methyl sites for hydroxylation is 2. The third-order valence-electron chi connectivity index (χ3n) is 3.44. The maximum absolute atomic E-state index is 12.0. The van der Waals surface area contributed by atoms with E-state index >= 15 is 0 Å². The molecule has 0 aromatic heterocycles. The minimum Gasteiger partial charge on any atom is -0.493 e. The van der Waals surface area contributed by atoms with Crippen molar-refractivity contribution in [3.05, 3.63) is 29.3 Å². The normalized spacial score (nSPS) is 11.8. The summed E-state index contributed by atoms with van der Waals surface area (Å²) in [6.07, 6.45) is 0.545. The molecule has 0 aliphatic carbocycles. The van der Waals surface area contributed by atoms with Crippen LogP contribution in [0.2, 0.25) is 0 Å². The van der Waals surface area contributed by atoms with Crippen LogP contribution in [0, 0.1) is 13.8 Å². The second-order valence-corrected chi connectivity index (χ2v) is 5.13. The Morgan fingerprint density at radius 3 is 2.52 bits per heavy atom. The van der Waals surface area contributed by atoms with Gasteiger partial charge in [0.2, 0.25) is 5.91 Å². The SMILES string of the molecule is CCC(C(=O)O)N(C)C(=O)CCOc1ccc(C)cc1C. The third-order valence-corrected chi connectivity index (χ3v) is 3.44. The predicted octanol–water partition coefficient (Wildman–Crippen LogP) is 2.39. The van der Waals surface area contributed by atoms with Gasteiger partial charge in [-0.05, 0) is 31.9 Å². The van der Waals surface area contributed by atoms with Crippen LogP contribution in [0.4, 0.5) is 0 Å². The maximum Gasteiger partial charge on any atom is 0.326 e. The molecule has 0 saturated heterocycles. The van der Waals surface area contributed by atoms with Crippen molar-refractivity contribution in [1.82, 2.24) is 4.90 Å². The highest BCUT2D eigenvalue weighted by molar-refractivity contribution is 5.83. The van der Waals surface area contributed by atoms with Gasteiger partial charge in [-0.25, -0.2) is 4.79 Å². The number of rotatable bonds is 7. The van der Waals surface area contributed by atoms with Crippen LogP contribution in [0.5, 0.6) is 5.75 Å². The van der Waals surface area contributed by atoms with Crippen LogP contribution >= 0.6 is 0 Å². The van der Waals surface area contributed by atoms with Crippen LogP contribution in [-0.4, -0.2) is 41.6 Å². The highest BCUT2D eigenvalue weighted by Gasteiger charge is 2.24. The van der Waals surface area contributed by atoms with Crippen LogP contribution in [0.25, 0.3) is 0 Å². The van der Waals surface area contributed by atoms with Gasteiger partial charge >= 0.3 is 5.97 Å². The van der Waals surface area contributed by atoms with Crippen molar-refractivity contribution < 1.29 is 19.4 Å². The number of ether oxygens (including phenoxy) is 1. The van der Waals surface area contributed by atoms with Gasteiger partial charge < -0.3 is 14.7 Å². The van der Waals surface area contributed by atoms with Crippen molar-refractivity contribution in [1.29, 1.82) is 0 Å². The number of amides is 1. The lowest BCUT2D eigenvalue weighted by molar-refractivity contribution is -0.149. The van der Waals surface area contributed by atoms with Crippen molar-refractivity contribution in [3.8, 4) is 5.75 Å². The highest BCUT2D eigenvalue weighted by Crippen LogP contribution is 2.18. The van der Waals surface area contributed by atoms with Gasteiger partial charge in [0, 0.05) is 7.05 Å². The van der Waals surface area contributed by atoms with E-state index in [0.717, 1.165) is 16.9 Å². The molecule has 0 fully saturated rings. The van der Waals surface area contributed by atoms with E-state index in [0.29, 0.717) is 6.42 Å². The average Bonchev–Trinajstić information content (AvgIpc) is 2.41. The first-order valence-corrected chi connectivity index (χ1v) is 7.05. The molecule has 1 unspecified atom stereocenters. The zero-order valence-corrected chi connectivity index (χ0v) is 13.0. The summed E-state index contributed by atoms with van der Waals surface area (Å²) in [6.45, 7) is 5.94. The van der Waals surface area contributed by atoms with E-state index in [4.69, 9.17) is 9.84 Å². The van der Waals surface area contributed by atoms with E-state index in [1.54, 1.807) is 6.92 Å². The highest BCUT2D eigenvalue weighted by atomic mass is 16.5. The Labute approximate surface area is 125 Å². The molecular formula is C16H23NO4. The third kappa shape index (κ3) is 4.77. The second kappa shape index (κ2) is 7.67. The van der Waals surface area contributed by atoms with Crippen LogP contribution < -0.4 is 4.74 Å². The van der Waals surface area contributed by atoms with Gasteiger partial charge in [-0.2, -0.15) is 0 Å². The zero-order valence-electron chi connectivity index (χ0n) is 13.0. The largest absolute Gasteiger partial charge is 0.493 e. The van der Waals surface area contributed by atoms with E-state index < -0.39 is 12.0 Å². The summed E-state index contributed by atoms with van der Waals surface area (Å²) < 4.78 is 5.59. The molecule has 21 heavy (non-hydrogen) atoms. The fourth-order valence-corrected chi connectivity index (χ4v) is 2.17.